The fourth-order valence-corrected chi connectivity index (χ4v) is 4.02. The van der Waals surface area contributed by atoms with Crippen LogP contribution in [0.3, 0.4) is 0 Å². The Morgan fingerprint density at radius 1 is 0.839 bits per heavy atom. The number of hydrogen-bond acceptors (Lipinski definition) is 3. The predicted molar refractivity (Wildman–Crippen MR) is 125 cm³/mol. The van der Waals surface area contributed by atoms with E-state index in [1.807, 2.05) is 25.4 Å². The molecule has 5 aromatic rings. The standard InChI is InChI=1S/C27H23N3O/c1-19-12-22(10-11-29-19)27-15-23-13-21(24-14-25(31-2)17-28-16-24)8-9-26(23)30(27)18-20-6-4-3-5-7-20/h3-17H,18H2,1-2H3. The van der Waals surface area contributed by atoms with Crippen LogP contribution in [0.1, 0.15) is 11.3 Å². The lowest BCUT2D eigenvalue weighted by molar-refractivity contribution is 0.413. The average molecular weight is 406 g/mol. The molecule has 3 aromatic heterocycles. The molecular weight excluding hydrogens is 382 g/mol. The van der Waals surface area contributed by atoms with Crippen molar-refractivity contribution in [3.05, 3.63) is 103 Å². The number of aryl methyl sites for hydroxylation is 1. The van der Waals surface area contributed by atoms with E-state index in [4.69, 9.17) is 4.74 Å². The Morgan fingerprint density at radius 2 is 1.71 bits per heavy atom. The lowest BCUT2D eigenvalue weighted by Gasteiger charge is -2.12. The van der Waals surface area contributed by atoms with Crippen LogP contribution in [0.5, 0.6) is 5.75 Å². The van der Waals surface area contributed by atoms with Gasteiger partial charge < -0.3 is 9.30 Å². The summed E-state index contributed by atoms with van der Waals surface area (Å²) in [5, 5.41) is 1.20. The predicted octanol–water partition coefficient (Wildman–Crippen LogP) is 6.13. The van der Waals surface area contributed by atoms with Crippen LogP contribution in [0.4, 0.5) is 0 Å². The molecule has 0 saturated heterocycles. The van der Waals surface area contributed by atoms with Gasteiger partial charge in [-0.1, -0.05) is 36.4 Å². The topological polar surface area (TPSA) is 39.9 Å². The summed E-state index contributed by atoms with van der Waals surface area (Å²) in [6.07, 6.45) is 5.47. The molecule has 0 aliphatic rings. The zero-order valence-corrected chi connectivity index (χ0v) is 17.6. The maximum absolute atomic E-state index is 5.35. The number of fused-ring (bicyclic) bond motifs is 1. The first-order valence-electron chi connectivity index (χ1n) is 10.3. The molecule has 4 heteroatoms. The molecule has 2 aromatic carbocycles. The molecule has 31 heavy (non-hydrogen) atoms. The Balaban J connectivity index is 1.67. The van der Waals surface area contributed by atoms with E-state index in [2.05, 4.69) is 81.3 Å². The van der Waals surface area contributed by atoms with Gasteiger partial charge in [-0.05, 0) is 54.4 Å². The van der Waals surface area contributed by atoms with E-state index in [0.29, 0.717) is 0 Å². The number of aromatic nitrogens is 3. The summed E-state index contributed by atoms with van der Waals surface area (Å²) in [6, 6.07) is 25.7. The number of methoxy groups -OCH3 is 1. The van der Waals surface area contributed by atoms with Crippen LogP contribution in [0.15, 0.2) is 91.4 Å². The van der Waals surface area contributed by atoms with E-state index >= 15 is 0 Å². The van der Waals surface area contributed by atoms with Gasteiger partial charge in [0.25, 0.3) is 0 Å². The van der Waals surface area contributed by atoms with Gasteiger partial charge in [0.2, 0.25) is 0 Å². The van der Waals surface area contributed by atoms with Crippen LogP contribution in [0.2, 0.25) is 0 Å². The van der Waals surface area contributed by atoms with Gasteiger partial charge in [-0.3, -0.25) is 9.97 Å². The molecule has 0 saturated carbocycles. The zero-order chi connectivity index (χ0) is 21.2. The van der Waals surface area contributed by atoms with Gasteiger partial charge in [-0.15, -0.1) is 0 Å². The first-order chi connectivity index (χ1) is 15.2. The Labute approximate surface area is 181 Å². The minimum atomic E-state index is 0.757. The fourth-order valence-electron chi connectivity index (χ4n) is 4.02. The van der Waals surface area contributed by atoms with Gasteiger partial charge >= 0.3 is 0 Å². The van der Waals surface area contributed by atoms with Crippen molar-refractivity contribution in [1.82, 2.24) is 14.5 Å². The van der Waals surface area contributed by atoms with Crippen molar-refractivity contribution >= 4 is 10.9 Å². The molecule has 0 aliphatic heterocycles. The van der Waals surface area contributed by atoms with Gasteiger partial charge in [0.05, 0.1) is 13.3 Å². The number of rotatable bonds is 5. The molecular formula is C27H23N3O. The maximum atomic E-state index is 5.35. The summed E-state index contributed by atoms with van der Waals surface area (Å²) in [4.78, 5) is 8.69. The van der Waals surface area contributed by atoms with Crippen molar-refractivity contribution in [2.24, 2.45) is 0 Å². The molecule has 152 valence electrons. The second-order valence-corrected chi connectivity index (χ2v) is 7.67. The Bertz CT molecular complexity index is 1360. The molecule has 0 spiro atoms. The largest absolute Gasteiger partial charge is 0.495 e. The quantitative estimate of drug-likeness (QED) is 0.353. The molecule has 0 unspecified atom stereocenters. The monoisotopic (exact) mass is 405 g/mol. The smallest absolute Gasteiger partial charge is 0.137 e. The second kappa shape index (κ2) is 8.07. The van der Waals surface area contributed by atoms with Crippen LogP contribution in [-0.4, -0.2) is 21.6 Å². The summed E-state index contributed by atoms with van der Waals surface area (Å²) < 4.78 is 7.73. The number of ether oxygens (including phenoxy) is 1. The normalized spacial score (nSPS) is 11.0. The van der Waals surface area contributed by atoms with Gasteiger partial charge in [-0.2, -0.15) is 0 Å². The summed E-state index contributed by atoms with van der Waals surface area (Å²) in [5.74, 6) is 0.757. The molecule has 4 nitrogen and oxygen atoms in total. The third-order valence-corrected chi connectivity index (χ3v) is 5.56. The summed E-state index contributed by atoms with van der Waals surface area (Å²) in [5.41, 5.74) is 8.00. The van der Waals surface area contributed by atoms with Gasteiger partial charge in [0.1, 0.15) is 5.75 Å². The van der Waals surface area contributed by atoms with E-state index < -0.39 is 0 Å². The van der Waals surface area contributed by atoms with E-state index in [1.165, 1.54) is 27.7 Å². The summed E-state index contributed by atoms with van der Waals surface area (Å²) in [6.45, 7) is 2.84. The van der Waals surface area contributed by atoms with Gasteiger partial charge in [0.15, 0.2) is 0 Å². The Morgan fingerprint density at radius 3 is 2.52 bits per heavy atom. The minimum Gasteiger partial charge on any atom is -0.495 e. The maximum Gasteiger partial charge on any atom is 0.137 e. The molecule has 0 fully saturated rings. The molecule has 3 heterocycles. The van der Waals surface area contributed by atoms with E-state index in [9.17, 15) is 0 Å². The van der Waals surface area contributed by atoms with Crippen molar-refractivity contribution in [3.8, 4) is 28.1 Å². The first-order valence-corrected chi connectivity index (χ1v) is 10.3. The third-order valence-electron chi connectivity index (χ3n) is 5.56. The van der Waals surface area contributed by atoms with E-state index in [0.717, 1.165) is 29.1 Å². The summed E-state index contributed by atoms with van der Waals surface area (Å²) in [7, 11) is 1.66. The highest BCUT2D eigenvalue weighted by Crippen LogP contribution is 2.33. The van der Waals surface area contributed by atoms with Crippen molar-refractivity contribution < 1.29 is 4.74 Å². The lowest BCUT2D eigenvalue weighted by Crippen LogP contribution is -2.01. The highest BCUT2D eigenvalue weighted by atomic mass is 16.5. The molecule has 5 rings (SSSR count). The molecule has 0 aliphatic carbocycles. The van der Waals surface area contributed by atoms with Crippen LogP contribution in [0.25, 0.3) is 33.3 Å². The number of hydrogen-bond donors (Lipinski definition) is 0. The van der Waals surface area contributed by atoms with Crippen molar-refractivity contribution in [3.63, 3.8) is 0 Å². The number of pyridine rings is 2. The van der Waals surface area contributed by atoms with Crippen LogP contribution in [0, 0.1) is 6.92 Å². The van der Waals surface area contributed by atoms with E-state index in [-0.39, 0.29) is 0 Å². The zero-order valence-electron chi connectivity index (χ0n) is 17.6. The molecule has 0 atom stereocenters. The number of benzene rings is 2. The SMILES string of the molecule is COc1cncc(-c2ccc3c(c2)cc(-c2ccnc(C)c2)n3Cc2ccccc2)c1. The lowest BCUT2D eigenvalue weighted by atomic mass is 10.1. The van der Waals surface area contributed by atoms with Gasteiger partial charge in [0, 0.05) is 52.4 Å². The Hall–Kier alpha value is -3.92. The number of nitrogens with zero attached hydrogens (tertiary/aromatic N) is 3. The van der Waals surface area contributed by atoms with Gasteiger partial charge in [-0.25, -0.2) is 0 Å². The summed E-state index contributed by atoms with van der Waals surface area (Å²) >= 11 is 0. The molecule has 0 radical (unpaired) electrons. The molecule has 0 bridgehead atoms. The first kappa shape index (κ1) is 19.1. The fraction of sp³-hybridized carbons (Fsp3) is 0.111. The minimum absolute atomic E-state index is 0.757. The van der Waals surface area contributed by atoms with Crippen molar-refractivity contribution in [1.29, 1.82) is 0 Å². The van der Waals surface area contributed by atoms with Crippen LogP contribution >= 0.6 is 0 Å². The van der Waals surface area contributed by atoms with Crippen LogP contribution in [-0.2, 0) is 6.54 Å². The van der Waals surface area contributed by atoms with Crippen molar-refractivity contribution in [2.45, 2.75) is 13.5 Å². The Kier molecular flexibility index (Phi) is 4.97. The third kappa shape index (κ3) is 3.80. The van der Waals surface area contributed by atoms with Crippen LogP contribution < -0.4 is 4.74 Å². The van der Waals surface area contributed by atoms with Crippen molar-refractivity contribution in [2.75, 3.05) is 7.11 Å². The second-order valence-electron chi connectivity index (χ2n) is 7.67. The average Bonchev–Trinajstić information content (AvgIpc) is 3.17. The molecule has 0 amide bonds. The molecule has 0 N–H and O–H groups in total. The highest BCUT2D eigenvalue weighted by molar-refractivity contribution is 5.90. The van der Waals surface area contributed by atoms with E-state index in [1.54, 1.807) is 13.3 Å². The highest BCUT2D eigenvalue weighted by Gasteiger charge is 2.13.